The Kier molecular flexibility index (Phi) is 6.72. The van der Waals surface area contributed by atoms with Gasteiger partial charge >= 0.3 is 0 Å². The Morgan fingerprint density at radius 2 is 1.58 bits per heavy atom. The highest BCUT2D eigenvalue weighted by molar-refractivity contribution is 7.99. The average Bonchev–Trinajstić information content (AvgIpc) is 3.14. The van der Waals surface area contributed by atoms with Crippen LogP contribution in [-0.4, -0.2) is 17.9 Å². The second kappa shape index (κ2) is 9.43. The first-order valence-electron chi connectivity index (χ1n) is 9.11. The normalized spacial score (nSPS) is 14.2. The van der Waals surface area contributed by atoms with Crippen molar-refractivity contribution in [1.29, 1.82) is 0 Å². The lowest BCUT2D eigenvalue weighted by molar-refractivity contribution is -0.124. The second-order valence-corrected chi connectivity index (χ2v) is 7.69. The van der Waals surface area contributed by atoms with Crippen LogP contribution in [0, 0.1) is 0 Å². The number of benzene rings is 2. The first kappa shape index (κ1) is 18.5. The highest BCUT2D eigenvalue weighted by atomic mass is 32.2. The molecular weight excluding hydrogens is 344 g/mol. The molecule has 26 heavy (non-hydrogen) atoms. The molecule has 0 atom stereocenters. The first-order chi connectivity index (χ1) is 12.7. The van der Waals surface area contributed by atoms with Crippen LogP contribution in [0.4, 0.5) is 5.69 Å². The van der Waals surface area contributed by atoms with Crippen molar-refractivity contribution in [1.82, 2.24) is 5.32 Å². The molecule has 1 saturated carbocycles. The molecule has 1 fully saturated rings. The number of hydrogen-bond donors (Lipinski definition) is 2. The van der Waals surface area contributed by atoms with Crippen LogP contribution in [0.2, 0.25) is 0 Å². The molecule has 2 N–H and O–H groups in total. The number of rotatable bonds is 7. The average molecular weight is 369 g/mol. The summed E-state index contributed by atoms with van der Waals surface area (Å²) in [6, 6.07) is 18.2. The summed E-state index contributed by atoms with van der Waals surface area (Å²) in [5.74, 6) is -0.158. The highest BCUT2D eigenvalue weighted by Gasteiger charge is 2.17. The van der Waals surface area contributed by atoms with Gasteiger partial charge in [0.2, 0.25) is 11.8 Å². The molecule has 0 aromatic heterocycles. The maximum atomic E-state index is 12.1. The van der Waals surface area contributed by atoms with Crippen LogP contribution in [0.1, 0.15) is 38.5 Å². The van der Waals surface area contributed by atoms with Crippen LogP contribution in [0.5, 0.6) is 0 Å². The van der Waals surface area contributed by atoms with Crippen molar-refractivity contribution >= 4 is 29.3 Å². The van der Waals surface area contributed by atoms with Crippen molar-refractivity contribution in [2.75, 3.05) is 5.32 Å². The summed E-state index contributed by atoms with van der Waals surface area (Å²) in [4.78, 5) is 26.3. The Labute approximate surface area is 158 Å². The Bertz CT molecular complexity index is 743. The maximum Gasteiger partial charge on any atom is 0.224 e. The number of amides is 2. The van der Waals surface area contributed by atoms with E-state index in [0.717, 1.165) is 28.3 Å². The molecule has 2 aromatic carbocycles. The van der Waals surface area contributed by atoms with E-state index in [4.69, 9.17) is 0 Å². The van der Waals surface area contributed by atoms with Gasteiger partial charge in [-0.05, 0) is 43.2 Å². The van der Waals surface area contributed by atoms with Gasteiger partial charge in [0, 0.05) is 34.4 Å². The zero-order valence-corrected chi connectivity index (χ0v) is 15.6. The van der Waals surface area contributed by atoms with E-state index in [0.29, 0.717) is 6.04 Å². The minimum Gasteiger partial charge on any atom is -0.353 e. The molecule has 5 heteroatoms. The predicted octanol–water partition coefficient (Wildman–Crippen LogP) is 4.62. The summed E-state index contributed by atoms with van der Waals surface area (Å²) in [7, 11) is 0. The molecule has 136 valence electrons. The number of anilines is 1. The smallest absolute Gasteiger partial charge is 0.224 e. The van der Waals surface area contributed by atoms with Crippen LogP contribution >= 0.6 is 11.8 Å². The Morgan fingerprint density at radius 3 is 2.35 bits per heavy atom. The fourth-order valence-electron chi connectivity index (χ4n) is 3.08. The molecule has 4 nitrogen and oxygen atoms in total. The maximum absolute atomic E-state index is 12.1. The van der Waals surface area contributed by atoms with Gasteiger partial charge in [-0.1, -0.05) is 48.9 Å². The van der Waals surface area contributed by atoms with Crippen LogP contribution in [0.25, 0.3) is 0 Å². The molecule has 0 bridgehead atoms. The summed E-state index contributed by atoms with van der Waals surface area (Å²) >= 11 is 1.65. The van der Waals surface area contributed by atoms with Gasteiger partial charge in [-0.25, -0.2) is 0 Å². The molecule has 0 radical (unpaired) electrons. The van der Waals surface area contributed by atoms with Gasteiger partial charge in [-0.3, -0.25) is 9.59 Å². The van der Waals surface area contributed by atoms with Gasteiger partial charge in [-0.2, -0.15) is 0 Å². The van der Waals surface area contributed by atoms with Gasteiger partial charge in [0.15, 0.2) is 0 Å². The molecule has 0 heterocycles. The van der Waals surface area contributed by atoms with Crippen LogP contribution < -0.4 is 10.6 Å². The monoisotopic (exact) mass is 368 g/mol. The fraction of sp³-hybridized carbons (Fsp3) is 0.333. The lowest BCUT2D eigenvalue weighted by atomic mass is 10.2. The molecule has 0 unspecified atom stereocenters. The molecule has 2 aromatic rings. The minimum atomic E-state index is -0.131. The molecule has 1 aliphatic rings. The second-order valence-electron chi connectivity index (χ2n) is 6.54. The molecule has 2 amide bonds. The van der Waals surface area contributed by atoms with E-state index in [1.165, 1.54) is 12.8 Å². The van der Waals surface area contributed by atoms with Gasteiger partial charge in [-0.15, -0.1) is 0 Å². The van der Waals surface area contributed by atoms with Crippen molar-refractivity contribution < 1.29 is 9.59 Å². The third kappa shape index (κ3) is 5.92. The lowest BCUT2D eigenvalue weighted by Gasteiger charge is -2.12. The van der Waals surface area contributed by atoms with E-state index < -0.39 is 0 Å². The van der Waals surface area contributed by atoms with Gasteiger partial charge in [0.25, 0.3) is 0 Å². The largest absolute Gasteiger partial charge is 0.353 e. The van der Waals surface area contributed by atoms with Gasteiger partial charge in [0.1, 0.15) is 0 Å². The quantitative estimate of drug-likeness (QED) is 0.750. The molecule has 1 aliphatic carbocycles. The third-order valence-corrected chi connectivity index (χ3v) is 5.39. The van der Waals surface area contributed by atoms with Crippen molar-refractivity contribution in [3.05, 3.63) is 54.6 Å². The zero-order valence-electron chi connectivity index (χ0n) is 14.7. The standard InChI is InChI=1S/C21H24N2O2S/c24-20(22-16-7-4-5-8-16)13-14-21(25)23-17-9-6-12-19(15-17)26-18-10-2-1-3-11-18/h1-3,6,9-12,15-16H,4-5,7-8,13-14H2,(H,22,24)(H,23,25). The highest BCUT2D eigenvalue weighted by Crippen LogP contribution is 2.29. The van der Waals surface area contributed by atoms with Gasteiger partial charge in [0.05, 0.1) is 0 Å². The summed E-state index contributed by atoms with van der Waals surface area (Å²) in [5, 5.41) is 5.90. The third-order valence-electron chi connectivity index (χ3n) is 4.40. The van der Waals surface area contributed by atoms with Crippen molar-refractivity contribution in [3.8, 4) is 0 Å². The summed E-state index contributed by atoms with van der Waals surface area (Å²) < 4.78 is 0. The van der Waals surface area contributed by atoms with E-state index in [-0.39, 0.29) is 24.7 Å². The summed E-state index contributed by atoms with van der Waals surface area (Å²) in [6.45, 7) is 0. The Balaban J connectivity index is 1.46. The number of nitrogens with one attached hydrogen (secondary N) is 2. The topological polar surface area (TPSA) is 58.2 Å². The zero-order chi connectivity index (χ0) is 18.2. The molecular formula is C21H24N2O2S. The van der Waals surface area contributed by atoms with E-state index in [1.807, 2.05) is 42.5 Å². The van der Waals surface area contributed by atoms with Crippen molar-refractivity contribution in [2.45, 2.75) is 54.4 Å². The van der Waals surface area contributed by atoms with Crippen LogP contribution in [0.15, 0.2) is 64.4 Å². The van der Waals surface area contributed by atoms with Crippen molar-refractivity contribution in [3.63, 3.8) is 0 Å². The van der Waals surface area contributed by atoms with E-state index in [9.17, 15) is 9.59 Å². The van der Waals surface area contributed by atoms with Crippen LogP contribution in [-0.2, 0) is 9.59 Å². The summed E-state index contributed by atoms with van der Waals surface area (Å²) in [5.41, 5.74) is 0.757. The number of carbonyl (C=O) groups is 2. The lowest BCUT2D eigenvalue weighted by Crippen LogP contribution is -2.33. The molecule has 3 rings (SSSR count). The Morgan fingerprint density at radius 1 is 0.885 bits per heavy atom. The van der Waals surface area contributed by atoms with E-state index in [2.05, 4.69) is 22.8 Å². The SMILES string of the molecule is O=C(CCC(=O)NC1CCCC1)Nc1cccc(Sc2ccccc2)c1. The minimum absolute atomic E-state index is 0.0274. The number of carbonyl (C=O) groups excluding carboxylic acids is 2. The van der Waals surface area contributed by atoms with E-state index in [1.54, 1.807) is 11.8 Å². The Hall–Kier alpha value is -2.27. The molecule has 0 saturated heterocycles. The van der Waals surface area contributed by atoms with Gasteiger partial charge < -0.3 is 10.6 Å². The molecule has 0 aliphatic heterocycles. The predicted molar refractivity (Wildman–Crippen MR) is 105 cm³/mol. The first-order valence-corrected chi connectivity index (χ1v) is 9.93. The van der Waals surface area contributed by atoms with E-state index >= 15 is 0 Å². The fourth-order valence-corrected chi connectivity index (χ4v) is 3.98. The van der Waals surface area contributed by atoms with Crippen LogP contribution in [0.3, 0.4) is 0 Å². The summed E-state index contributed by atoms with van der Waals surface area (Å²) in [6.07, 6.45) is 4.93. The number of hydrogen-bond acceptors (Lipinski definition) is 3. The molecule has 0 spiro atoms. The van der Waals surface area contributed by atoms with Crippen molar-refractivity contribution in [2.24, 2.45) is 0 Å².